The van der Waals surface area contributed by atoms with E-state index in [1.54, 1.807) is 6.92 Å². The fourth-order valence-corrected chi connectivity index (χ4v) is 2.43. The SMILES string of the molecule is C=C(C)C(=O)OCCOCCCCCCCCCCCOC(=O)CCC(=O)O. The molecular formula is C21H36O7. The van der Waals surface area contributed by atoms with E-state index in [4.69, 9.17) is 19.3 Å². The van der Waals surface area contributed by atoms with Gasteiger partial charge in [0, 0.05) is 12.2 Å². The molecule has 0 aromatic rings. The lowest BCUT2D eigenvalue weighted by Crippen LogP contribution is -2.11. The Morgan fingerprint density at radius 1 is 0.714 bits per heavy atom. The molecule has 0 aliphatic carbocycles. The zero-order valence-corrected chi connectivity index (χ0v) is 17.2. The van der Waals surface area contributed by atoms with E-state index >= 15 is 0 Å². The number of ether oxygens (including phenoxy) is 3. The zero-order chi connectivity index (χ0) is 21.0. The van der Waals surface area contributed by atoms with Crippen LogP contribution in [-0.4, -0.2) is 49.4 Å². The number of unbranched alkanes of at least 4 members (excludes halogenated alkanes) is 8. The molecule has 7 nitrogen and oxygen atoms in total. The molecule has 0 radical (unpaired) electrons. The first kappa shape index (κ1) is 26.1. The summed E-state index contributed by atoms with van der Waals surface area (Å²) in [6.45, 7) is 6.90. The van der Waals surface area contributed by atoms with Crippen molar-refractivity contribution in [3.8, 4) is 0 Å². The summed E-state index contributed by atoms with van der Waals surface area (Å²) in [5, 5.41) is 8.47. The van der Waals surface area contributed by atoms with Gasteiger partial charge in [-0.05, 0) is 19.8 Å². The predicted molar refractivity (Wildman–Crippen MR) is 106 cm³/mol. The van der Waals surface area contributed by atoms with E-state index in [-0.39, 0.29) is 25.4 Å². The van der Waals surface area contributed by atoms with Crippen molar-refractivity contribution in [2.75, 3.05) is 26.4 Å². The fraction of sp³-hybridized carbons (Fsp3) is 0.762. The van der Waals surface area contributed by atoms with E-state index in [0.29, 0.717) is 25.4 Å². The van der Waals surface area contributed by atoms with Crippen LogP contribution >= 0.6 is 0 Å². The topological polar surface area (TPSA) is 99.1 Å². The lowest BCUT2D eigenvalue weighted by molar-refractivity contribution is -0.147. The highest BCUT2D eigenvalue weighted by Crippen LogP contribution is 2.10. The molecule has 0 rings (SSSR count). The summed E-state index contributed by atoms with van der Waals surface area (Å²) < 4.78 is 15.3. The lowest BCUT2D eigenvalue weighted by atomic mass is 10.1. The predicted octanol–water partition coefficient (Wildman–Crippen LogP) is 4.04. The van der Waals surface area contributed by atoms with Crippen molar-refractivity contribution in [3.05, 3.63) is 12.2 Å². The first-order valence-corrected chi connectivity index (χ1v) is 10.2. The minimum Gasteiger partial charge on any atom is -0.481 e. The molecule has 0 heterocycles. The maximum Gasteiger partial charge on any atom is 0.333 e. The minimum atomic E-state index is -0.980. The second kappa shape index (κ2) is 18.5. The summed E-state index contributed by atoms with van der Waals surface area (Å²) in [5.41, 5.74) is 0.399. The van der Waals surface area contributed by atoms with Gasteiger partial charge in [0.25, 0.3) is 0 Å². The highest BCUT2D eigenvalue weighted by molar-refractivity contribution is 5.86. The molecule has 0 aromatic carbocycles. The molecule has 162 valence electrons. The van der Waals surface area contributed by atoms with Gasteiger partial charge in [-0.2, -0.15) is 0 Å². The number of aliphatic carboxylic acids is 1. The molecular weight excluding hydrogens is 364 g/mol. The fourth-order valence-electron chi connectivity index (χ4n) is 2.43. The number of hydrogen-bond donors (Lipinski definition) is 1. The molecule has 0 atom stereocenters. The van der Waals surface area contributed by atoms with Gasteiger partial charge >= 0.3 is 17.9 Å². The Morgan fingerprint density at radius 3 is 1.79 bits per heavy atom. The van der Waals surface area contributed by atoms with Crippen LogP contribution in [0.5, 0.6) is 0 Å². The normalized spacial score (nSPS) is 10.5. The largest absolute Gasteiger partial charge is 0.481 e. The summed E-state index contributed by atoms with van der Waals surface area (Å²) >= 11 is 0. The van der Waals surface area contributed by atoms with Crippen molar-refractivity contribution in [1.82, 2.24) is 0 Å². The van der Waals surface area contributed by atoms with E-state index < -0.39 is 11.9 Å². The van der Waals surface area contributed by atoms with Crippen LogP contribution in [-0.2, 0) is 28.6 Å². The van der Waals surface area contributed by atoms with Crippen LogP contribution in [0.1, 0.15) is 77.6 Å². The van der Waals surface area contributed by atoms with E-state index in [1.165, 1.54) is 25.7 Å². The number of carbonyl (C=O) groups is 3. The Labute approximate surface area is 168 Å². The Balaban J connectivity index is 3.18. The highest BCUT2D eigenvalue weighted by Gasteiger charge is 2.06. The van der Waals surface area contributed by atoms with Gasteiger partial charge in [0.1, 0.15) is 6.61 Å². The molecule has 0 bridgehead atoms. The molecule has 0 saturated heterocycles. The summed E-state index contributed by atoms with van der Waals surface area (Å²) in [4.78, 5) is 32.7. The minimum absolute atomic E-state index is 0.0527. The van der Waals surface area contributed by atoms with E-state index in [0.717, 1.165) is 32.1 Å². The van der Waals surface area contributed by atoms with Crippen LogP contribution in [0.15, 0.2) is 12.2 Å². The molecule has 0 amide bonds. The van der Waals surface area contributed by atoms with Gasteiger partial charge in [-0.15, -0.1) is 0 Å². The summed E-state index contributed by atoms with van der Waals surface area (Å²) in [5.74, 6) is -1.79. The molecule has 0 fully saturated rings. The van der Waals surface area contributed by atoms with Crippen LogP contribution in [0.2, 0.25) is 0 Å². The molecule has 7 heteroatoms. The molecule has 0 saturated carbocycles. The van der Waals surface area contributed by atoms with Crippen LogP contribution in [0, 0.1) is 0 Å². The number of carboxylic acid groups (broad SMARTS) is 1. The van der Waals surface area contributed by atoms with Gasteiger partial charge in [-0.25, -0.2) is 4.79 Å². The zero-order valence-electron chi connectivity index (χ0n) is 17.2. The van der Waals surface area contributed by atoms with Crippen molar-refractivity contribution in [1.29, 1.82) is 0 Å². The van der Waals surface area contributed by atoms with E-state index in [9.17, 15) is 14.4 Å². The molecule has 28 heavy (non-hydrogen) atoms. The molecule has 0 aliphatic rings. The van der Waals surface area contributed by atoms with Crippen molar-refractivity contribution >= 4 is 17.9 Å². The van der Waals surface area contributed by atoms with Gasteiger partial charge in [0.05, 0.1) is 26.1 Å². The number of esters is 2. The lowest BCUT2D eigenvalue weighted by Gasteiger charge is -2.06. The number of hydrogen-bond acceptors (Lipinski definition) is 6. The second-order valence-corrected chi connectivity index (χ2v) is 6.82. The van der Waals surface area contributed by atoms with Gasteiger partial charge in [-0.3, -0.25) is 9.59 Å². The van der Waals surface area contributed by atoms with Gasteiger partial charge in [-0.1, -0.05) is 51.5 Å². The smallest absolute Gasteiger partial charge is 0.333 e. The van der Waals surface area contributed by atoms with Crippen molar-refractivity contribution in [2.45, 2.75) is 77.6 Å². The monoisotopic (exact) mass is 400 g/mol. The third kappa shape index (κ3) is 18.9. The van der Waals surface area contributed by atoms with Gasteiger partial charge in [0.2, 0.25) is 0 Å². The average molecular weight is 401 g/mol. The molecule has 1 N–H and O–H groups in total. The summed E-state index contributed by atoms with van der Waals surface area (Å²) in [7, 11) is 0. The van der Waals surface area contributed by atoms with Crippen molar-refractivity contribution in [3.63, 3.8) is 0 Å². The second-order valence-electron chi connectivity index (χ2n) is 6.82. The van der Waals surface area contributed by atoms with E-state index in [2.05, 4.69) is 6.58 Å². The number of carbonyl (C=O) groups excluding carboxylic acids is 2. The Bertz CT molecular complexity index is 460. The average Bonchev–Trinajstić information content (AvgIpc) is 2.65. The van der Waals surface area contributed by atoms with E-state index in [1.807, 2.05) is 0 Å². The third-order valence-electron chi connectivity index (χ3n) is 4.05. The highest BCUT2D eigenvalue weighted by atomic mass is 16.6. The van der Waals surface area contributed by atoms with Crippen LogP contribution < -0.4 is 0 Å². The maximum absolute atomic E-state index is 11.2. The number of rotatable bonds is 19. The Kier molecular flexibility index (Phi) is 17.2. The first-order valence-electron chi connectivity index (χ1n) is 10.2. The third-order valence-corrected chi connectivity index (χ3v) is 4.05. The van der Waals surface area contributed by atoms with Crippen molar-refractivity contribution < 1.29 is 33.7 Å². The molecule has 0 aromatic heterocycles. The molecule has 0 unspecified atom stereocenters. The maximum atomic E-state index is 11.2. The Hall–Kier alpha value is -1.89. The Morgan fingerprint density at radius 2 is 1.25 bits per heavy atom. The van der Waals surface area contributed by atoms with Gasteiger partial charge < -0.3 is 19.3 Å². The van der Waals surface area contributed by atoms with Crippen LogP contribution in [0.25, 0.3) is 0 Å². The standard InChI is InChI=1S/C21H36O7/c1-18(2)21(25)28-17-16-26-14-10-8-6-4-3-5-7-9-11-15-27-20(24)13-12-19(22)23/h1,3-17H2,2H3,(H,22,23). The summed E-state index contributed by atoms with van der Waals surface area (Å²) in [6, 6.07) is 0. The van der Waals surface area contributed by atoms with Gasteiger partial charge in [0.15, 0.2) is 0 Å². The van der Waals surface area contributed by atoms with Crippen LogP contribution in [0.4, 0.5) is 0 Å². The molecule has 0 spiro atoms. The number of carboxylic acids is 1. The summed E-state index contributed by atoms with van der Waals surface area (Å²) in [6.07, 6.45) is 9.69. The van der Waals surface area contributed by atoms with Crippen LogP contribution in [0.3, 0.4) is 0 Å². The first-order chi connectivity index (χ1) is 13.4. The van der Waals surface area contributed by atoms with Crippen molar-refractivity contribution in [2.24, 2.45) is 0 Å². The molecule has 0 aliphatic heterocycles. The quantitative estimate of drug-likeness (QED) is 0.198.